The fourth-order valence-electron chi connectivity index (χ4n) is 2.83. The average Bonchev–Trinajstić information content (AvgIpc) is 2.74. The summed E-state index contributed by atoms with van der Waals surface area (Å²) in [5.41, 5.74) is 1.15. The highest BCUT2D eigenvalue weighted by atomic mass is 19.1. The molecule has 0 spiro atoms. The first-order valence-corrected chi connectivity index (χ1v) is 9.47. The van der Waals surface area contributed by atoms with E-state index in [-0.39, 0.29) is 12.5 Å². The second-order valence-corrected chi connectivity index (χ2v) is 6.29. The molecule has 0 atom stereocenters. The van der Waals surface area contributed by atoms with E-state index in [4.69, 9.17) is 4.74 Å². The maximum atomic E-state index is 13.4. The molecule has 1 N–H and O–H groups in total. The second kappa shape index (κ2) is 9.64. The van der Waals surface area contributed by atoms with E-state index in [2.05, 4.69) is 34.0 Å². The molecule has 29 heavy (non-hydrogen) atoms. The van der Waals surface area contributed by atoms with E-state index in [0.717, 1.165) is 18.9 Å². The Hall–Kier alpha value is -3.48. The first kappa shape index (κ1) is 20.3. The number of amides is 1. The Bertz CT molecular complexity index is 959. The summed E-state index contributed by atoms with van der Waals surface area (Å²) in [7, 11) is 0. The first-order valence-electron chi connectivity index (χ1n) is 9.47. The fraction of sp³-hybridized carbons (Fsp3) is 0.227. The average molecular weight is 394 g/mol. The van der Waals surface area contributed by atoms with Gasteiger partial charge in [-0.2, -0.15) is 0 Å². The predicted octanol–water partition coefficient (Wildman–Crippen LogP) is 4.18. The Morgan fingerprint density at radius 2 is 1.93 bits per heavy atom. The predicted molar refractivity (Wildman–Crippen MR) is 110 cm³/mol. The summed E-state index contributed by atoms with van der Waals surface area (Å²) in [6.07, 6.45) is 3.15. The molecule has 2 heterocycles. The van der Waals surface area contributed by atoms with Gasteiger partial charge in [0.2, 0.25) is 5.88 Å². The van der Waals surface area contributed by atoms with E-state index < -0.39 is 5.82 Å². The Kier molecular flexibility index (Phi) is 6.73. The Morgan fingerprint density at radius 3 is 2.62 bits per heavy atom. The van der Waals surface area contributed by atoms with Crippen LogP contribution in [-0.4, -0.2) is 29.0 Å². The van der Waals surface area contributed by atoms with Gasteiger partial charge < -0.3 is 15.0 Å². The molecule has 0 bridgehead atoms. The number of nitrogens with one attached hydrogen (secondary N) is 1. The molecule has 3 aromatic rings. The quantitative estimate of drug-likeness (QED) is 0.621. The zero-order valence-electron chi connectivity index (χ0n) is 16.4. The zero-order valence-corrected chi connectivity index (χ0v) is 16.4. The van der Waals surface area contributed by atoms with Crippen molar-refractivity contribution in [3.8, 4) is 11.6 Å². The van der Waals surface area contributed by atoms with Gasteiger partial charge in [-0.1, -0.05) is 12.1 Å². The third kappa shape index (κ3) is 5.28. The first-order chi connectivity index (χ1) is 14.1. The van der Waals surface area contributed by atoms with Gasteiger partial charge in [-0.15, -0.1) is 0 Å². The summed E-state index contributed by atoms with van der Waals surface area (Å²) in [5.74, 6) is 0.851. The standard InChI is InChI=1S/C22H23FN4O2/c1-3-27(4-2)20-11-10-16(14-25-20)21(28)26-15-17-7-6-12-24-22(17)29-19-9-5-8-18(23)13-19/h5-14H,3-4,15H2,1-2H3,(H,26,28). The summed E-state index contributed by atoms with van der Waals surface area (Å²) in [4.78, 5) is 23.1. The number of aromatic nitrogens is 2. The molecule has 2 aromatic heterocycles. The SMILES string of the molecule is CCN(CC)c1ccc(C(=O)NCc2cccnc2Oc2cccc(F)c2)cn1. The van der Waals surface area contributed by atoms with Crippen LogP contribution in [-0.2, 0) is 6.54 Å². The third-order valence-corrected chi connectivity index (χ3v) is 4.40. The minimum absolute atomic E-state index is 0.217. The van der Waals surface area contributed by atoms with Crippen LogP contribution >= 0.6 is 0 Å². The molecule has 1 amide bonds. The van der Waals surface area contributed by atoms with Gasteiger partial charge in [0.05, 0.1) is 5.56 Å². The van der Waals surface area contributed by atoms with Crippen LogP contribution in [0.4, 0.5) is 10.2 Å². The highest BCUT2D eigenvalue weighted by Gasteiger charge is 2.11. The Morgan fingerprint density at radius 1 is 1.10 bits per heavy atom. The van der Waals surface area contributed by atoms with Crippen LogP contribution in [0.2, 0.25) is 0 Å². The smallest absolute Gasteiger partial charge is 0.253 e. The Balaban J connectivity index is 1.66. The minimum atomic E-state index is -0.394. The summed E-state index contributed by atoms with van der Waals surface area (Å²) < 4.78 is 19.0. The van der Waals surface area contributed by atoms with Crippen molar-refractivity contribution in [2.45, 2.75) is 20.4 Å². The molecule has 3 rings (SSSR count). The molecule has 0 unspecified atom stereocenters. The summed E-state index contributed by atoms with van der Waals surface area (Å²) >= 11 is 0. The molecule has 0 aliphatic rings. The number of carbonyl (C=O) groups excluding carboxylic acids is 1. The van der Waals surface area contributed by atoms with Crippen LogP contribution in [0.3, 0.4) is 0 Å². The lowest BCUT2D eigenvalue weighted by Crippen LogP contribution is -2.25. The molecule has 0 fully saturated rings. The van der Waals surface area contributed by atoms with E-state index in [0.29, 0.717) is 22.8 Å². The maximum Gasteiger partial charge on any atom is 0.253 e. The fourth-order valence-corrected chi connectivity index (χ4v) is 2.83. The highest BCUT2D eigenvalue weighted by Crippen LogP contribution is 2.23. The van der Waals surface area contributed by atoms with Gasteiger partial charge in [0.25, 0.3) is 5.91 Å². The van der Waals surface area contributed by atoms with Crippen molar-refractivity contribution >= 4 is 11.7 Å². The van der Waals surface area contributed by atoms with E-state index in [9.17, 15) is 9.18 Å². The number of nitrogens with zero attached hydrogens (tertiary/aromatic N) is 3. The van der Waals surface area contributed by atoms with Gasteiger partial charge in [0, 0.05) is 43.7 Å². The molecule has 0 radical (unpaired) electrons. The monoisotopic (exact) mass is 394 g/mol. The molecular formula is C22H23FN4O2. The normalized spacial score (nSPS) is 10.4. The van der Waals surface area contributed by atoms with Gasteiger partial charge in [-0.3, -0.25) is 4.79 Å². The molecule has 1 aromatic carbocycles. The number of hydrogen-bond donors (Lipinski definition) is 1. The highest BCUT2D eigenvalue weighted by molar-refractivity contribution is 5.94. The number of ether oxygens (including phenoxy) is 1. The van der Waals surface area contributed by atoms with Crippen molar-refractivity contribution in [3.63, 3.8) is 0 Å². The molecule has 0 aliphatic heterocycles. The second-order valence-electron chi connectivity index (χ2n) is 6.29. The van der Waals surface area contributed by atoms with Crippen LogP contribution in [0.25, 0.3) is 0 Å². The van der Waals surface area contributed by atoms with Crippen molar-refractivity contribution in [2.75, 3.05) is 18.0 Å². The van der Waals surface area contributed by atoms with Gasteiger partial charge in [-0.05, 0) is 44.2 Å². The molecule has 6 nitrogen and oxygen atoms in total. The number of pyridine rings is 2. The van der Waals surface area contributed by atoms with Crippen LogP contribution in [0.1, 0.15) is 29.8 Å². The molecule has 7 heteroatoms. The molecule has 0 saturated carbocycles. The number of rotatable bonds is 8. The largest absolute Gasteiger partial charge is 0.439 e. The van der Waals surface area contributed by atoms with Gasteiger partial charge in [0.1, 0.15) is 17.4 Å². The number of carbonyl (C=O) groups is 1. The summed E-state index contributed by atoms with van der Waals surface area (Å²) in [6.45, 7) is 6.04. The topological polar surface area (TPSA) is 67.4 Å². The van der Waals surface area contributed by atoms with E-state index in [1.165, 1.54) is 12.1 Å². The van der Waals surface area contributed by atoms with Crippen molar-refractivity contribution < 1.29 is 13.9 Å². The van der Waals surface area contributed by atoms with Crippen LogP contribution in [0, 0.1) is 5.82 Å². The zero-order chi connectivity index (χ0) is 20.6. The van der Waals surface area contributed by atoms with Gasteiger partial charge in [0.15, 0.2) is 0 Å². The summed E-state index contributed by atoms with van der Waals surface area (Å²) in [6, 6.07) is 13.0. The van der Waals surface area contributed by atoms with Crippen molar-refractivity contribution in [3.05, 3.63) is 77.9 Å². The molecule has 150 valence electrons. The summed E-state index contributed by atoms with van der Waals surface area (Å²) in [5, 5.41) is 2.84. The third-order valence-electron chi connectivity index (χ3n) is 4.40. The number of anilines is 1. The van der Waals surface area contributed by atoms with E-state index in [1.807, 2.05) is 6.07 Å². The van der Waals surface area contributed by atoms with Gasteiger partial charge in [-0.25, -0.2) is 14.4 Å². The maximum absolute atomic E-state index is 13.4. The molecule has 0 saturated heterocycles. The molecule has 0 aliphatic carbocycles. The minimum Gasteiger partial charge on any atom is -0.439 e. The van der Waals surface area contributed by atoms with Crippen molar-refractivity contribution in [1.82, 2.24) is 15.3 Å². The number of benzene rings is 1. The lowest BCUT2D eigenvalue weighted by atomic mass is 10.2. The molecular weight excluding hydrogens is 371 g/mol. The number of halogens is 1. The van der Waals surface area contributed by atoms with Crippen molar-refractivity contribution in [1.29, 1.82) is 0 Å². The number of hydrogen-bond acceptors (Lipinski definition) is 5. The lowest BCUT2D eigenvalue weighted by molar-refractivity contribution is 0.0950. The van der Waals surface area contributed by atoms with E-state index >= 15 is 0 Å². The van der Waals surface area contributed by atoms with Crippen LogP contribution in [0.5, 0.6) is 11.6 Å². The van der Waals surface area contributed by atoms with Crippen LogP contribution in [0.15, 0.2) is 60.9 Å². The van der Waals surface area contributed by atoms with E-state index in [1.54, 1.807) is 42.7 Å². The van der Waals surface area contributed by atoms with Crippen LogP contribution < -0.4 is 15.0 Å². The van der Waals surface area contributed by atoms with Gasteiger partial charge >= 0.3 is 0 Å². The Labute approximate surface area is 169 Å². The lowest BCUT2D eigenvalue weighted by Gasteiger charge is -2.19. The van der Waals surface area contributed by atoms with Crippen molar-refractivity contribution in [2.24, 2.45) is 0 Å².